The molecule has 5 heterocycles. The summed E-state index contributed by atoms with van der Waals surface area (Å²) in [7, 11) is 0. The van der Waals surface area contributed by atoms with Crippen LogP contribution in [0.2, 0.25) is 0 Å². The van der Waals surface area contributed by atoms with Gasteiger partial charge in [-0.3, -0.25) is 4.79 Å². The van der Waals surface area contributed by atoms with Crippen LogP contribution in [0.4, 0.5) is 5.82 Å². The topological polar surface area (TPSA) is 138 Å². The molecule has 1 spiro atoms. The number of nitrogen functional groups attached to an aromatic ring is 1. The van der Waals surface area contributed by atoms with E-state index in [1.807, 2.05) is 4.90 Å². The van der Waals surface area contributed by atoms with E-state index in [4.69, 9.17) is 10.5 Å². The lowest BCUT2D eigenvalue weighted by molar-refractivity contribution is -0.152. The highest BCUT2D eigenvalue weighted by Crippen LogP contribution is 2.40. The average Bonchev–Trinajstić information content (AvgIpc) is 3.40. The summed E-state index contributed by atoms with van der Waals surface area (Å²) in [6.07, 6.45) is 0.472. The molecule has 3 aliphatic heterocycles. The van der Waals surface area contributed by atoms with Crippen molar-refractivity contribution >= 4 is 17.2 Å². The van der Waals surface area contributed by atoms with Crippen LogP contribution in [0.15, 0.2) is 18.5 Å². The van der Waals surface area contributed by atoms with Gasteiger partial charge in [-0.25, -0.2) is 9.50 Å². The summed E-state index contributed by atoms with van der Waals surface area (Å²) >= 11 is 0. The monoisotopic (exact) mass is 402 g/mol. The number of ether oxygens (including phenoxy) is 1. The van der Waals surface area contributed by atoms with Crippen molar-refractivity contribution in [2.24, 2.45) is 0 Å². The third kappa shape index (κ3) is 2.82. The van der Waals surface area contributed by atoms with Gasteiger partial charge in [-0.2, -0.15) is 5.10 Å². The smallest absolute Gasteiger partial charge is 0.255 e. The van der Waals surface area contributed by atoms with Crippen LogP contribution in [0.5, 0.6) is 0 Å². The molecule has 10 heteroatoms. The van der Waals surface area contributed by atoms with E-state index in [9.17, 15) is 15.0 Å². The van der Waals surface area contributed by atoms with Gasteiger partial charge in [0.2, 0.25) is 0 Å². The number of piperidine rings is 1. The standard InChI is InChI=1S/C19H26N6O4/c20-17-12-3-2-11(25(12)23-10-22-17)15-13(26)14(27)16(29-15)18(28)24-9-1-4-19(24)5-7-21-8-6-19/h2-3,10,13-16,21,26-27H,1,4-9H2,(H2,20,22,23)/t13-,14+,15+,16+/m1/s1. The second kappa shape index (κ2) is 6.91. The fraction of sp³-hybridized carbons (Fsp3) is 0.632. The lowest BCUT2D eigenvalue weighted by atomic mass is 9.85. The zero-order chi connectivity index (χ0) is 20.2. The van der Waals surface area contributed by atoms with Crippen LogP contribution >= 0.6 is 0 Å². The third-order valence-corrected chi connectivity index (χ3v) is 6.71. The predicted molar refractivity (Wildman–Crippen MR) is 103 cm³/mol. The first-order chi connectivity index (χ1) is 14.0. The number of aliphatic hydroxyl groups excluding tert-OH is 2. The summed E-state index contributed by atoms with van der Waals surface area (Å²) in [5.74, 6) is 0.0604. The number of carbonyl (C=O) groups is 1. The molecular formula is C19H26N6O4. The molecule has 0 radical (unpaired) electrons. The van der Waals surface area contributed by atoms with E-state index in [0.717, 1.165) is 38.8 Å². The molecule has 0 aliphatic carbocycles. The van der Waals surface area contributed by atoms with E-state index in [1.54, 1.807) is 12.1 Å². The molecular weight excluding hydrogens is 376 g/mol. The number of aromatic nitrogens is 3. The van der Waals surface area contributed by atoms with Gasteiger partial charge in [-0.1, -0.05) is 0 Å². The molecule has 2 aromatic heterocycles. The number of nitrogens with two attached hydrogens (primary N) is 1. The van der Waals surface area contributed by atoms with Crippen LogP contribution < -0.4 is 11.1 Å². The Morgan fingerprint density at radius 3 is 2.83 bits per heavy atom. The highest BCUT2D eigenvalue weighted by Gasteiger charge is 2.53. The van der Waals surface area contributed by atoms with Crippen molar-refractivity contribution in [1.82, 2.24) is 24.8 Å². The van der Waals surface area contributed by atoms with Gasteiger partial charge in [-0.05, 0) is 50.9 Å². The maximum Gasteiger partial charge on any atom is 0.255 e. The molecule has 3 saturated heterocycles. The number of aliphatic hydroxyl groups is 2. The highest BCUT2D eigenvalue weighted by molar-refractivity contribution is 5.83. The Balaban J connectivity index is 1.42. The van der Waals surface area contributed by atoms with Crippen LogP contribution in [0.25, 0.3) is 5.52 Å². The predicted octanol–water partition coefficient (Wildman–Crippen LogP) is -0.782. The number of nitrogens with zero attached hydrogens (tertiary/aromatic N) is 4. The lowest BCUT2D eigenvalue weighted by Gasteiger charge is -2.43. The Kier molecular flexibility index (Phi) is 4.46. The Bertz CT molecular complexity index is 927. The van der Waals surface area contributed by atoms with Crippen molar-refractivity contribution in [3.8, 4) is 0 Å². The zero-order valence-electron chi connectivity index (χ0n) is 16.1. The molecule has 4 atom stereocenters. The maximum absolute atomic E-state index is 13.4. The number of hydrogen-bond acceptors (Lipinski definition) is 8. The van der Waals surface area contributed by atoms with Crippen molar-refractivity contribution in [2.45, 2.75) is 55.6 Å². The quantitative estimate of drug-likeness (QED) is 0.513. The molecule has 0 unspecified atom stereocenters. The minimum Gasteiger partial charge on any atom is -0.387 e. The largest absolute Gasteiger partial charge is 0.387 e. The van der Waals surface area contributed by atoms with Gasteiger partial charge in [0.1, 0.15) is 30.2 Å². The van der Waals surface area contributed by atoms with E-state index in [1.165, 1.54) is 10.8 Å². The Hall–Kier alpha value is -2.27. The highest BCUT2D eigenvalue weighted by atomic mass is 16.5. The summed E-state index contributed by atoms with van der Waals surface area (Å²) in [5, 5.41) is 28.9. The van der Waals surface area contributed by atoms with Gasteiger partial charge in [0.15, 0.2) is 11.9 Å². The lowest BCUT2D eigenvalue weighted by Crippen LogP contribution is -2.57. The third-order valence-electron chi connectivity index (χ3n) is 6.71. The fourth-order valence-corrected chi connectivity index (χ4v) is 5.16. The Labute approximate surface area is 167 Å². The van der Waals surface area contributed by atoms with Gasteiger partial charge < -0.3 is 30.9 Å². The summed E-state index contributed by atoms with van der Waals surface area (Å²) in [6.45, 7) is 2.41. The van der Waals surface area contributed by atoms with E-state index in [-0.39, 0.29) is 11.4 Å². The van der Waals surface area contributed by atoms with Crippen molar-refractivity contribution in [2.75, 3.05) is 25.4 Å². The minimum absolute atomic E-state index is 0.169. The minimum atomic E-state index is -1.31. The number of amides is 1. The molecule has 29 heavy (non-hydrogen) atoms. The van der Waals surface area contributed by atoms with Crippen molar-refractivity contribution in [3.63, 3.8) is 0 Å². The summed E-state index contributed by atoms with van der Waals surface area (Å²) in [5.41, 5.74) is 6.81. The number of carbonyl (C=O) groups excluding carboxylic acids is 1. The second-order valence-corrected chi connectivity index (χ2v) is 8.23. The molecule has 0 aromatic carbocycles. The number of rotatable bonds is 2. The molecule has 5 N–H and O–H groups in total. The van der Waals surface area contributed by atoms with Crippen LogP contribution in [-0.2, 0) is 9.53 Å². The van der Waals surface area contributed by atoms with Gasteiger partial charge in [-0.15, -0.1) is 0 Å². The average molecular weight is 402 g/mol. The normalized spacial score (nSPS) is 31.7. The fourth-order valence-electron chi connectivity index (χ4n) is 5.16. The van der Waals surface area contributed by atoms with Crippen LogP contribution in [-0.4, -0.2) is 79.1 Å². The first-order valence-electron chi connectivity index (χ1n) is 10.1. The van der Waals surface area contributed by atoms with Crippen molar-refractivity contribution in [3.05, 3.63) is 24.2 Å². The van der Waals surface area contributed by atoms with Crippen LogP contribution in [0.1, 0.15) is 37.5 Å². The summed E-state index contributed by atoms with van der Waals surface area (Å²) < 4.78 is 7.49. The van der Waals surface area contributed by atoms with E-state index in [0.29, 0.717) is 23.6 Å². The number of anilines is 1. The van der Waals surface area contributed by atoms with Crippen LogP contribution in [0, 0.1) is 0 Å². The van der Waals surface area contributed by atoms with E-state index < -0.39 is 24.4 Å². The first-order valence-corrected chi connectivity index (χ1v) is 10.1. The summed E-state index contributed by atoms with van der Waals surface area (Å²) in [6, 6.07) is 3.45. The Morgan fingerprint density at radius 2 is 2.03 bits per heavy atom. The molecule has 156 valence electrons. The van der Waals surface area contributed by atoms with E-state index in [2.05, 4.69) is 15.4 Å². The van der Waals surface area contributed by atoms with Gasteiger partial charge in [0.25, 0.3) is 5.91 Å². The molecule has 0 saturated carbocycles. The van der Waals surface area contributed by atoms with Gasteiger partial charge >= 0.3 is 0 Å². The number of nitrogens with one attached hydrogen (secondary N) is 1. The number of likely N-dealkylation sites (tertiary alicyclic amines) is 1. The SMILES string of the molecule is Nc1ncnn2c([C@@H]3O[C@H](C(=O)N4CCCC45CCNCC5)[C@@H](O)[C@H]3O)ccc12. The van der Waals surface area contributed by atoms with Crippen LogP contribution in [0.3, 0.4) is 0 Å². The van der Waals surface area contributed by atoms with Gasteiger partial charge in [0, 0.05) is 12.1 Å². The van der Waals surface area contributed by atoms with E-state index >= 15 is 0 Å². The first kappa shape index (κ1) is 18.7. The second-order valence-electron chi connectivity index (χ2n) is 8.23. The van der Waals surface area contributed by atoms with Gasteiger partial charge in [0.05, 0.1) is 5.69 Å². The molecule has 1 amide bonds. The molecule has 5 rings (SSSR count). The van der Waals surface area contributed by atoms with Crippen molar-refractivity contribution in [1.29, 1.82) is 0 Å². The zero-order valence-corrected chi connectivity index (χ0v) is 16.1. The molecule has 3 fully saturated rings. The van der Waals surface area contributed by atoms with Crippen molar-refractivity contribution < 1.29 is 19.7 Å². The molecule has 2 aromatic rings. The molecule has 10 nitrogen and oxygen atoms in total. The molecule has 3 aliphatic rings. The maximum atomic E-state index is 13.4. The Morgan fingerprint density at radius 1 is 1.24 bits per heavy atom. The number of hydrogen-bond donors (Lipinski definition) is 4. The number of fused-ring (bicyclic) bond motifs is 1. The molecule has 0 bridgehead atoms. The summed E-state index contributed by atoms with van der Waals surface area (Å²) in [4.78, 5) is 19.2.